The Balaban J connectivity index is 1.80. The molecule has 0 radical (unpaired) electrons. The summed E-state index contributed by atoms with van der Waals surface area (Å²) in [6.45, 7) is 7.27. The number of carbonyl (C=O) groups excluding carboxylic acids is 2. The zero-order valence-electron chi connectivity index (χ0n) is 25.8. The van der Waals surface area contributed by atoms with Crippen LogP contribution in [0.5, 0.6) is 0 Å². The van der Waals surface area contributed by atoms with Gasteiger partial charge in [0.2, 0.25) is 11.8 Å². The van der Waals surface area contributed by atoms with Crippen molar-refractivity contribution in [3.8, 4) is 0 Å². The molecular formula is C36H41N3O4S. The van der Waals surface area contributed by atoms with Gasteiger partial charge in [-0.05, 0) is 62.1 Å². The standard InChI is InChI=1S/C36H41N3O4S/c1-5-29(4)37-36(41)34(24-30-15-8-6-9-16-30)38(25-31-17-10-7-11-18-31)35(40)26-39(33-19-13-12-14-28(33)3)44(42,43)32-22-20-27(2)21-23-32/h6-23,29,34H,5,24-26H2,1-4H3,(H,37,41). The summed E-state index contributed by atoms with van der Waals surface area (Å²) >= 11 is 0. The highest BCUT2D eigenvalue weighted by molar-refractivity contribution is 7.92. The number of sulfonamides is 1. The van der Waals surface area contributed by atoms with Crippen LogP contribution in [0.15, 0.2) is 114 Å². The normalized spacial score (nSPS) is 12.6. The van der Waals surface area contributed by atoms with Crippen LogP contribution in [0, 0.1) is 13.8 Å². The molecule has 2 amide bonds. The van der Waals surface area contributed by atoms with E-state index in [1.807, 2.05) is 100 Å². The van der Waals surface area contributed by atoms with Gasteiger partial charge in [-0.25, -0.2) is 8.42 Å². The molecule has 0 saturated heterocycles. The monoisotopic (exact) mass is 611 g/mol. The molecule has 0 bridgehead atoms. The van der Waals surface area contributed by atoms with Crippen molar-refractivity contribution in [2.75, 3.05) is 10.8 Å². The van der Waals surface area contributed by atoms with Gasteiger partial charge in [-0.1, -0.05) is 103 Å². The molecule has 0 heterocycles. The number of carbonyl (C=O) groups is 2. The quantitative estimate of drug-likeness (QED) is 0.199. The maximum absolute atomic E-state index is 14.5. The van der Waals surface area contributed by atoms with Crippen LogP contribution < -0.4 is 9.62 Å². The molecule has 4 rings (SSSR count). The van der Waals surface area contributed by atoms with Crippen LogP contribution in [-0.2, 0) is 32.6 Å². The Labute approximate surface area is 261 Å². The summed E-state index contributed by atoms with van der Waals surface area (Å²) in [5.74, 6) is -0.760. The largest absolute Gasteiger partial charge is 0.352 e. The van der Waals surface area contributed by atoms with Gasteiger partial charge in [0.15, 0.2) is 0 Å². The lowest BCUT2D eigenvalue weighted by Crippen LogP contribution is -2.54. The Morgan fingerprint density at radius 1 is 0.773 bits per heavy atom. The lowest BCUT2D eigenvalue weighted by Gasteiger charge is -2.34. The first-order valence-corrected chi connectivity index (χ1v) is 16.4. The van der Waals surface area contributed by atoms with Gasteiger partial charge < -0.3 is 10.2 Å². The number of hydrogen-bond acceptors (Lipinski definition) is 4. The molecule has 4 aromatic carbocycles. The van der Waals surface area contributed by atoms with Gasteiger partial charge in [0, 0.05) is 19.0 Å². The predicted molar refractivity (Wildman–Crippen MR) is 176 cm³/mol. The summed E-state index contributed by atoms with van der Waals surface area (Å²) in [5, 5.41) is 3.06. The minimum Gasteiger partial charge on any atom is -0.352 e. The fraction of sp³-hybridized carbons (Fsp3) is 0.278. The second-order valence-corrected chi connectivity index (χ2v) is 13.0. The number of hydrogen-bond donors (Lipinski definition) is 1. The van der Waals surface area contributed by atoms with E-state index >= 15 is 0 Å². The van der Waals surface area contributed by atoms with Gasteiger partial charge in [-0.2, -0.15) is 0 Å². The molecule has 8 heteroatoms. The number of rotatable bonds is 13. The van der Waals surface area contributed by atoms with E-state index in [2.05, 4.69) is 5.32 Å². The summed E-state index contributed by atoms with van der Waals surface area (Å²) in [6, 6.07) is 31.7. The maximum atomic E-state index is 14.5. The third-order valence-electron chi connectivity index (χ3n) is 7.74. The highest BCUT2D eigenvalue weighted by atomic mass is 32.2. The Hall–Kier alpha value is -4.43. The number of amides is 2. The Bertz CT molecular complexity index is 1640. The lowest BCUT2D eigenvalue weighted by atomic mass is 10.0. The zero-order chi connectivity index (χ0) is 31.7. The van der Waals surface area contributed by atoms with Gasteiger partial charge in [-0.15, -0.1) is 0 Å². The number of nitrogens with zero attached hydrogens (tertiary/aromatic N) is 2. The highest BCUT2D eigenvalue weighted by Gasteiger charge is 2.35. The molecule has 0 fully saturated rings. The van der Waals surface area contributed by atoms with Crippen LogP contribution in [-0.4, -0.2) is 43.8 Å². The van der Waals surface area contributed by atoms with Gasteiger partial charge >= 0.3 is 0 Å². The second kappa shape index (κ2) is 14.8. The first kappa shape index (κ1) is 32.5. The first-order chi connectivity index (χ1) is 21.1. The fourth-order valence-corrected chi connectivity index (χ4v) is 6.45. The van der Waals surface area contributed by atoms with Gasteiger partial charge in [0.1, 0.15) is 12.6 Å². The van der Waals surface area contributed by atoms with E-state index < -0.39 is 28.5 Å². The minimum atomic E-state index is -4.14. The summed E-state index contributed by atoms with van der Waals surface area (Å²) in [6.07, 6.45) is 1.00. The predicted octanol–water partition coefficient (Wildman–Crippen LogP) is 6.05. The van der Waals surface area contributed by atoms with Crippen molar-refractivity contribution in [3.63, 3.8) is 0 Å². The Morgan fingerprint density at radius 2 is 1.34 bits per heavy atom. The number of anilines is 1. The minimum absolute atomic E-state index is 0.0871. The molecule has 0 aliphatic rings. The Morgan fingerprint density at radius 3 is 1.93 bits per heavy atom. The van der Waals surface area contributed by atoms with E-state index in [1.54, 1.807) is 36.4 Å². The van der Waals surface area contributed by atoms with E-state index in [0.29, 0.717) is 11.3 Å². The van der Waals surface area contributed by atoms with Crippen LogP contribution >= 0.6 is 0 Å². The van der Waals surface area contributed by atoms with Crippen LogP contribution in [0.4, 0.5) is 5.69 Å². The van der Waals surface area contributed by atoms with Crippen LogP contribution in [0.3, 0.4) is 0 Å². The van der Waals surface area contributed by atoms with Crippen molar-refractivity contribution in [2.24, 2.45) is 0 Å². The van der Waals surface area contributed by atoms with Gasteiger partial charge in [-0.3, -0.25) is 13.9 Å². The molecule has 0 aliphatic heterocycles. The topological polar surface area (TPSA) is 86.8 Å². The van der Waals surface area contributed by atoms with Crippen molar-refractivity contribution in [2.45, 2.75) is 64.1 Å². The van der Waals surface area contributed by atoms with E-state index in [1.165, 1.54) is 9.21 Å². The van der Waals surface area contributed by atoms with Crippen molar-refractivity contribution >= 4 is 27.5 Å². The summed E-state index contributed by atoms with van der Waals surface area (Å²) in [4.78, 5) is 30.0. The number of aryl methyl sites for hydroxylation is 2. The molecule has 4 aromatic rings. The average Bonchev–Trinajstić information content (AvgIpc) is 3.03. The molecule has 0 aliphatic carbocycles. The molecule has 230 valence electrons. The molecular weight excluding hydrogens is 570 g/mol. The summed E-state index contributed by atoms with van der Waals surface area (Å²) in [7, 11) is -4.14. The summed E-state index contributed by atoms with van der Waals surface area (Å²) < 4.78 is 29.5. The van der Waals surface area contributed by atoms with Crippen molar-refractivity contribution in [1.82, 2.24) is 10.2 Å². The first-order valence-electron chi connectivity index (χ1n) is 14.9. The van der Waals surface area contributed by atoms with Gasteiger partial charge in [0.05, 0.1) is 10.6 Å². The van der Waals surface area contributed by atoms with Crippen molar-refractivity contribution < 1.29 is 18.0 Å². The molecule has 44 heavy (non-hydrogen) atoms. The fourth-order valence-electron chi connectivity index (χ4n) is 4.97. The van der Waals surface area contributed by atoms with Crippen molar-refractivity contribution in [3.05, 3.63) is 131 Å². The number of benzene rings is 4. The van der Waals surface area contributed by atoms with Gasteiger partial charge in [0.25, 0.3) is 10.0 Å². The number of nitrogens with one attached hydrogen (secondary N) is 1. The maximum Gasteiger partial charge on any atom is 0.264 e. The van der Waals surface area contributed by atoms with Crippen LogP contribution in [0.25, 0.3) is 0 Å². The van der Waals surface area contributed by atoms with Crippen LogP contribution in [0.1, 0.15) is 42.5 Å². The van der Waals surface area contributed by atoms with Crippen molar-refractivity contribution in [1.29, 1.82) is 0 Å². The second-order valence-electron chi connectivity index (χ2n) is 11.1. The lowest BCUT2D eigenvalue weighted by molar-refractivity contribution is -0.140. The highest BCUT2D eigenvalue weighted by Crippen LogP contribution is 2.28. The van der Waals surface area contributed by atoms with Crippen LogP contribution in [0.2, 0.25) is 0 Å². The van der Waals surface area contributed by atoms with E-state index in [-0.39, 0.29) is 29.8 Å². The third-order valence-corrected chi connectivity index (χ3v) is 9.51. The van der Waals surface area contributed by atoms with E-state index in [0.717, 1.165) is 23.1 Å². The molecule has 2 unspecified atom stereocenters. The summed E-state index contributed by atoms with van der Waals surface area (Å²) in [5.41, 5.74) is 3.77. The molecule has 0 spiro atoms. The smallest absolute Gasteiger partial charge is 0.264 e. The third kappa shape index (κ3) is 8.14. The van der Waals surface area contributed by atoms with E-state index in [9.17, 15) is 18.0 Å². The molecule has 0 saturated carbocycles. The van der Waals surface area contributed by atoms with E-state index in [4.69, 9.17) is 0 Å². The molecule has 0 aromatic heterocycles. The molecule has 7 nitrogen and oxygen atoms in total. The number of para-hydroxylation sites is 1. The average molecular weight is 612 g/mol. The zero-order valence-corrected chi connectivity index (χ0v) is 26.6. The SMILES string of the molecule is CCC(C)NC(=O)C(Cc1ccccc1)N(Cc1ccccc1)C(=O)CN(c1ccccc1C)S(=O)(=O)c1ccc(C)cc1. The molecule has 1 N–H and O–H groups in total. The Kier molecular flexibility index (Phi) is 11.0. The molecule has 2 atom stereocenters.